The van der Waals surface area contributed by atoms with E-state index in [4.69, 9.17) is 5.11 Å². The fourth-order valence-electron chi connectivity index (χ4n) is 1.66. The van der Waals surface area contributed by atoms with Gasteiger partial charge in [0.15, 0.2) is 0 Å². The maximum absolute atomic E-state index is 7.92. The van der Waals surface area contributed by atoms with E-state index in [2.05, 4.69) is 33.4 Å². The van der Waals surface area contributed by atoms with Gasteiger partial charge in [-0.25, -0.2) is 0 Å². The Bertz CT molecular complexity index is 110. The molecule has 0 aromatic heterocycles. The van der Waals surface area contributed by atoms with E-state index in [1.807, 2.05) is 0 Å². The van der Waals surface area contributed by atoms with E-state index in [-0.39, 0.29) is 0 Å². The minimum absolute atomic E-state index is 0.472. The van der Waals surface area contributed by atoms with Crippen LogP contribution in [0.2, 0.25) is 13.3 Å². The van der Waals surface area contributed by atoms with E-state index in [9.17, 15) is 0 Å². The molecule has 1 nitrogen and oxygen atoms in total. The van der Waals surface area contributed by atoms with Crippen molar-refractivity contribution in [3.05, 3.63) is 0 Å². The van der Waals surface area contributed by atoms with Gasteiger partial charge in [0, 0.05) is 0 Å². The van der Waals surface area contributed by atoms with E-state index in [1.165, 1.54) is 38.5 Å². The van der Waals surface area contributed by atoms with Crippen LogP contribution < -0.4 is 0 Å². The van der Waals surface area contributed by atoms with Crippen LogP contribution in [0.15, 0.2) is 0 Å². The topological polar surface area (TPSA) is 20.2 Å². The van der Waals surface area contributed by atoms with E-state index in [0.717, 1.165) is 0 Å². The normalized spacial score (nSPS) is 12.2. The Morgan fingerprint density at radius 1 is 0.882 bits per heavy atom. The first-order valence-corrected chi connectivity index (χ1v) is 13.8. The van der Waals surface area contributed by atoms with Gasteiger partial charge in [-0.3, -0.25) is 0 Å². The molecule has 1 atom stereocenters. The van der Waals surface area contributed by atoms with Gasteiger partial charge >= 0.3 is 92.4 Å². The molecule has 17 heavy (non-hydrogen) atoms. The van der Waals surface area contributed by atoms with Crippen molar-refractivity contribution in [2.75, 3.05) is 0 Å². The number of hydrogen-bond acceptors (Lipinski definition) is 2. The van der Waals surface area contributed by atoms with E-state index in [1.54, 1.807) is 20.2 Å². The van der Waals surface area contributed by atoms with Gasteiger partial charge in [-0.2, -0.15) is 0 Å². The summed E-state index contributed by atoms with van der Waals surface area (Å²) in [5.74, 6) is 0. The van der Waals surface area contributed by atoms with Crippen molar-refractivity contribution in [2.45, 2.75) is 85.0 Å². The van der Waals surface area contributed by atoms with Crippen LogP contribution >= 0.6 is 12.6 Å². The van der Waals surface area contributed by atoms with Gasteiger partial charge in [0.25, 0.3) is 0 Å². The Labute approximate surface area is 122 Å². The van der Waals surface area contributed by atoms with Gasteiger partial charge in [-0.05, 0) is 6.92 Å². The van der Waals surface area contributed by atoms with Crippen LogP contribution in [-0.2, 0) is 0 Å². The van der Waals surface area contributed by atoms with Crippen molar-refractivity contribution in [1.29, 1.82) is 0 Å². The van der Waals surface area contributed by atoms with Crippen LogP contribution in [0.1, 0.15) is 66.2 Å². The second-order valence-electron chi connectivity index (χ2n) is 4.69. The molecule has 1 N–H and O–H groups in total. The number of aliphatic hydroxyl groups is 1. The molecule has 0 fully saturated rings. The summed E-state index contributed by atoms with van der Waals surface area (Å²) < 4.78 is 5.04. The zero-order valence-electron chi connectivity index (χ0n) is 12.3. The molecule has 1 unspecified atom stereocenters. The van der Waals surface area contributed by atoms with Crippen molar-refractivity contribution in [3.63, 3.8) is 0 Å². The Morgan fingerprint density at radius 3 is 1.29 bits per heavy atom. The van der Waals surface area contributed by atoms with E-state index >= 15 is 0 Å². The molecule has 3 heteroatoms. The van der Waals surface area contributed by atoms with Crippen LogP contribution in [0.25, 0.3) is 0 Å². The summed E-state index contributed by atoms with van der Waals surface area (Å²) in [7, 11) is 0. The zero-order chi connectivity index (χ0) is 13.5. The van der Waals surface area contributed by atoms with E-state index in [0.29, 0.717) is 0 Å². The number of thiol groups is 1. The zero-order valence-corrected chi connectivity index (χ0v) is 16.1. The van der Waals surface area contributed by atoms with Crippen molar-refractivity contribution in [3.8, 4) is 0 Å². The number of hydrogen-bond donors (Lipinski definition) is 2. The van der Waals surface area contributed by atoms with Crippen LogP contribution in [0, 0.1) is 0 Å². The second kappa shape index (κ2) is 17.1. The predicted octanol–water partition coefficient (Wildman–Crippen LogP) is 5.14. The summed E-state index contributed by atoms with van der Waals surface area (Å²) in [6.07, 6.45) is 8.85. The first-order chi connectivity index (χ1) is 8.08. The molecule has 0 saturated heterocycles. The third kappa shape index (κ3) is 22.7. The molecule has 0 saturated carbocycles. The Kier molecular flexibility index (Phi) is 20.6. The van der Waals surface area contributed by atoms with E-state index < -0.39 is 25.2 Å². The van der Waals surface area contributed by atoms with Crippen molar-refractivity contribution < 1.29 is 5.11 Å². The second-order valence-corrected chi connectivity index (χ2v) is 14.0. The van der Waals surface area contributed by atoms with Gasteiger partial charge in [-0.15, -0.1) is 12.6 Å². The average Bonchev–Trinajstić information content (AvgIpc) is 2.27. The standard InChI is InChI=1S/3C4H9.C2H6OS.Sn/c3*1-3-4-2;1-2(3)4;/h3*1,3-4H2,2H3;2-4H,1H3;. The Hall–Kier alpha value is 1.11. The molecule has 0 amide bonds. The van der Waals surface area contributed by atoms with Gasteiger partial charge in [0.1, 0.15) is 0 Å². The average molecular weight is 368 g/mol. The molecule has 1 radical (unpaired) electrons. The Morgan fingerprint density at radius 2 is 1.12 bits per heavy atom. The first-order valence-electron chi connectivity index (χ1n) is 7.28. The molecule has 0 bridgehead atoms. The van der Waals surface area contributed by atoms with Crippen LogP contribution in [-0.4, -0.2) is 30.3 Å². The molecule has 0 aliphatic carbocycles. The molecule has 0 aromatic carbocycles. The summed E-state index contributed by atoms with van der Waals surface area (Å²) >= 11 is 2.68. The number of unbranched alkanes of at least 4 members (excludes halogenated alkanes) is 3. The summed E-state index contributed by atoms with van der Waals surface area (Å²) in [6, 6.07) is 0. The third-order valence-electron chi connectivity index (χ3n) is 2.65. The van der Waals surface area contributed by atoms with Crippen LogP contribution in [0.3, 0.4) is 0 Å². The van der Waals surface area contributed by atoms with Crippen molar-refractivity contribution in [2.24, 2.45) is 0 Å². The number of aliphatic hydroxyl groups excluding tert-OH is 1. The molecular weight excluding hydrogens is 335 g/mol. The summed E-state index contributed by atoms with van der Waals surface area (Å²) in [5.41, 5.74) is -0.472. The molecular formula is C14H33OSSn. The summed E-state index contributed by atoms with van der Waals surface area (Å²) in [5, 5.41) is 7.92. The fraction of sp³-hybridized carbons (Fsp3) is 1.00. The summed E-state index contributed by atoms with van der Waals surface area (Å²) in [6.45, 7) is 8.59. The monoisotopic (exact) mass is 369 g/mol. The third-order valence-corrected chi connectivity index (χ3v) is 11.7. The number of rotatable bonds is 9. The fourth-order valence-corrected chi connectivity index (χ4v) is 11.1. The first kappa shape index (κ1) is 20.4. The minimum atomic E-state index is -0.839. The van der Waals surface area contributed by atoms with Gasteiger partial charge in [0.05, 0.1) is 5.44 Å². The molecule has 0 heterocycles. The molecule has 0 spiro atoms. The summed E-state index contributed by atoms with van der Waals surface area (Å²) in [4.78, 5) is 0. The van der Waals surface area contributed by atoms with Crippen molar-refractivity contribution in [1.82, 2.24) is 0 Å². The molecule has 0 aliphatic rings. The van der Waals surface area contributed by atoms with Gasteiger partial charge in [-0.1, -0.05) is 0 Å². The van der Waals surface area contributed by atoms with Crippen molar-refractivity contribution >= 4 is 32.4 Å². The maximum atomic E-state index is 7.92. The van der Waals surface area contributed by atoms with Crippen LogP contribution in [0.4, 0.5) is 0 Å². The Balaban J connectivity index is 0. The van der Waals surface area contributed by atoms with Crippen LogP contribution in [0.5, 0.6) is 0 Å². The molecule has 105 valence electrons. The van der Waals surface area contributed by atoms with Gasteiger partial charge < -0.3 is 5.11 Å². The molecule has 0 aromatic rings. The predicted molar refractivity (Wildman–Crippen MR) is 85.6 cm³/mol. The van der Waals surface area contributed by atoms with Gasteiger partial charge in [0.2, 0.25) is 0 Å². The SMILES string of the molecule is CC(O)S.CCC[CH2][Sn]([CH2]CCC)[CH2]CCC. The quantitative estimate of drug-likeness (QED) is 0.328. The molecule has 0 rings (SSSR count). The molecule has 0 aliphatic heterocycles.